The summed E-state index contributed by atoms with van der Waals surface area (Å²) in [4.78, 5) is 40.0. The monoisotopic (exact) mass is 616 g/mol. The van der Waals surface area contributed by atoms with Gasteiger partial charge >= 0.3 is 24.3 Å². The minimum Gasteiger partial charge on any atom is -0.475 e. The lowest BCUT2D eigenvalue weighted by Gasteiger charge is -2.46. The first kappa shape index (κ1) is 33.6. The van der Waals surface area contributed by atoms with E-state index in [9.17, 15) is 31.1 Å². The Morgan fingerprint density at radius 2 is 1.45 bits per heavy atom. The first-order valence-corrected chi connectivity index (χ1v) is 13.5. The standard InChI is InChI=1S/C21H32N4O3.2C2HF3O2/c26-19(24-8-1-2-9-24)18-16-25-12-7-22-20(25)21(28-18)5-10-23(11-6-21)15-17-3-13-27-14-4-17;2*3-2(4,5)1(6)7/h7,12,17-18H,1-6,8-11,13-16H2;2*(H,6,7). The van der Waals surface area contributed by atoms with Crippen molar-refractivity contribution >= 4 is 17.8 Å². The van der Waals surface area contributed by atoms with Crippen LogP contribution >= 0.6 is 0 Å². The number of rotatable bonds is 3. The van der Waals surface area contributed by atoms with E-state index >= 15 is 0 Å². The van der Waals surface area contributed by atoms with Gasteiger partial charge in [-0.15, -0.1) is 0 Å². The zero-order valence-electron chi connectivity index (χ0n) is 22.7. The van der Waals surface area contributed by atoms with Crippen molar-refractivity contribution in [1.82, 2.24) is 19.4 Å². The molecule has 3 fully saturated rings. The second kappa shape index (κ2) is 14.0. The fourth-order valence-corrected chi connectivity index (χ4v) is 5.40. The Morgan fingerprint density at radius 3 is 1.95 bits per heavy atom. The number of likely N-dealkylation sites (tertiary alicyclic amines) is 2. The van der Waals surface area contributed by atoms with Crippen molar-refractivity contribution in [3.8, 4) is 0 Å². The van der Waals surface area contributed by atoms with Gasteiger partial charge in [0.05, 0.1) is 6.54 Å². The summed E-state index contributed by atoms with van der Waals surface area (Å²) in [5, 5.41) is 14.2. The molecule has 0 bridgehead atoms. The van der Waals surface area contributed by atoms with Crippen LogP contribution in [0.3, 0.4) is 0 Å². The van der Waals surface area contributed by atoms with Crippen LogP contribution in [0.15, 0.2) is 12.4 Å². The number of nitrogens with zero attached hydrogens (tertiary/aromatic N) is 4. The Balaban J connectivity index is 0.000000289. The van der Waals surface area contributed by atoms with Crippen LogP contribution in [-0.4, -0.2) is 112 Å². The molecule has 42 heavy (non-hydrogen) atoms. The average Bonchev–Trinajstić information content (AvgIpc) is 3.63. The summed E-state index contributed by atoms with van der Waals surface area (Å²) in [6.45, 7) is 7.33. The van der Waals surface area contributed by atoms with E-state index in [4.69, 9.17) is 29.3 Å². The topological polar surface area (TPSA) is 134 Å². The Labute approximate surface area is 237 Å². The fourth-order valence-electron chi connectivity index (χ4n) is 5.40. The first-order chi connectivity index (χ1) is 19.6. The maximum Gasteiger partial charge on any atom is 0.490 e. The van der Waals surface area contributed by atoms with Crippen molar-refractivity contribution in [3.05, 3.63) is 18.2 Å². The van der Waals surface area contributed by atoms with E-state index in [1.54, 1.807) is 0 Å². The summed E-state index contributed by atoms with van der Waals surface area (Å²) in [6, 6.07) is 0. The fraction of sp³-hybridized carbons (Fsp3) is 0.760. The van der Waals surface area contributed by atoms with E-state index in [-0.39, 0.29) is 12.0 Å². The van der Waals surface area contributed by atoms with Gasteiger partial charge in [-0.2, -0.15) is 26.3 Å². The van der Waals surface area contributed by atoms with Crippen molar-refractivity contribution in [1.29, 1.82) is 0 Å². The Hall–Kier alpha value is -2.92. The van der Waals surface area contributed by atoms with Gasteiger partial charge in [0.25, 0.3) is 5.91 Å². The van der Waals surface area contributed by atoms with Crippen molar-refractivity contribution in [3.63, 3.8) is 0 Å². The number of alkyl halides is 6. The quantitative estimate of drug-likeness (QED) is 0.492. The third kappa shape index (κ3) is 9.04. The number of imidazole rings is 1. The van der Waals surface area contributed by atoms with Gasteiger partial charge in [-0.25, -0.2) is 14.6 Å². The molecular weight excluding hydrogens is 582 g/mol. The van der Waals surface area contributed by atoms with E-state index in [2.05, 4.69) is 14.5 Å². The van der Waals surface area contributed by atoms with Gasteiger partial charge in [0.15, 0.2) is 6.10 Å². The van der Waals surface area contributed by atoms with Gasteiger partial charge in [-0.05, 0) is 44.4 Å². The molecule has 1 spiro atoms. The van der Waals surface area contributed by atoms with Gasteiger partial charge < -0.3 is 34.1 Å². The largest absolute Gasteiger partial charge is 0.490 e. The number of hydrogen-bond donors (Lipinski definition) is 2. The highest BCUT2D eigenvalue weighted by molar-refractivity contribution is 5.81. The predicted octanol–water partition coefficient (Wildman–Crippen LogP) is 2.89. The zero-order valence-corrected chi connectivity index (χ0v) is 22.7. The first-order valence-electron chi connectivity index (χ1n) is 13.5. The number of aromatic nitrogens is 2. The van der Waals surface area contributed by atoms with Crippen LogP contribution in [0.2, 0.25) is 0 Å². The highest BCUT2D eigenvalue weighted by Gasteiger charge is 2.48. The molecular formula is C25H34F6N4O7. The molecule has 4 aliphatic rings. The smallest absolute Gasteiger partial charge is 0.475 e. The Morgan fingerprint density at radius 1 is 0.929 bits per heavy atom. The molecule has 4 aliphatic heterocycles. The van der Waals surface area contributed by atoms with Crippen LogP contribution in [0.4, 0.5) is 26.3 Å². The minimum absolute atomic E-state index is 0.167. The van der Waals surface area contributed by atoms with Crippen molar-refractivity contribution < 1.29 is 60.4 Å². The number of carbonyl (C=O) groups is 3. The predicted molar refractivity (Wildman–Crippen MR) is 131 cm³/mol. The van der Waals surface area contributed by atoms with Gasteiger partial charge in [-0.3, -0.25) is 4.79 Å². The molecule has 1 amide bonds. The number of fused-ring (bicyclic) bond motifs is 2. The van der Waals surface area contributed by atoms with Gasteiger partial charge in [0.1, 0.15) is 11.4 Å². The van der Waals surface area contributed by atoms with E-state index in [0.717, 1.165) is 83.4 Å². The second-order valence-electron chi connectivity index (χ2n) is 10.5. The van der Waals surface area contributed by atoms with E-state index in [0.29, 0.717) is 6.54 Å². The molecule has 17 heteroatoms. The van der Waals surface area contributed by atoms with Gasteiger partial charge in [0.2, 0.25) is 0 Å². The number of carboxylic acid groups (broad SMARTS) is 2. The van der Waals surface area contributed by atoms with Crippen LogP contribution in [0.1, 0.15) is 44.3 Å². The van der Waals surface area contributed by atoms with Gasteiger partial charge in [0, 0.05) is 58.3 Å². The molecule has 2 N–H and O–H groups in total. The van der Waals surface area contributed by atoms with Crippen molar-refractivity contribution in [2.24, 2.45) is 5.92 Å². The van der Waals surface area contributed by atoms with Crippen LogP contribution < -0.4 is 0 Å². The molecule has 0 radical (unpaired) electrons. The summed E-state index contributed by atoms with van der Waals surface area (Å²) in [6.07, 6.45) is -0.266. The molecule has 1 aromatic rings. The van der Waals surface area contributed by atoms with Crippen LogP contribution in [0.5, 0.6) is 0 Å². The number of aliphatic carboxylic acids is 2. The molecule has 0 aliphatic carbocycles. The van der Waals surface area contributed by atoms with E-state index < -0.39 is 29.9 Å². The third-order valence-electron chi connectivity index (χ3n) is 7.55. The average molecular weight is 617 g/mol. The Bertz CT molecular complexity index is 1040. The third-order valence-corrected chi connectivity index (χ3v) is 7.55. The second-order valence-corrected chi connectivity index (χ2v) is 10.5. The Kier molecular flexibility index (Phi) is 11.2. The number of piperidine rings is 1. The van der Waals surface area contributed by atoms with Crippen LogP contribution in [0.25, 0.3) is 0 Å². The summed E-state index contributed by atoms with van der Waals surface area (Å²) in [5.74, 6) is -3.58. The number of ether oxygens (including phenoxy) is 2. The lowest BCUT2D eigenvalue weighted by Crippen LogP contribution is -2.54. The molecule has 1 atom stereocenters. The summed E-state index contributed by atoms with van der Waals surface area (Å²) >= 11 is 0. The number of amides is 1. The van der Waals surface area contributed by atoms with Gasteiger partial charge in [-0.1, -0.05) is 0 Å². The summed E-state index contributed by atoms with van der Waals surface area (Å²) in [7, 11) is 0. The molecule has 3 saturated heterocycles. The van der Waals surface area contributed by atoms with E-state index in [1.807, 2.05) is 17.3 Å². The summed E-state index contributed by atoms with van der Waals surface area (Å²) in [5.41, 5.74) is -0.409. The lowest BCUT2D eigenvalue weighted by atomic mass is 9.87. The maximum atomic E-state index is 13.0. The van der Waals surface area contributed by atoms with Crippen molar-refractivity contribution in [2.75, 3.05) is 45.9 Å². The van der Waals surface area contributed by atoms with Crippen LogP contribution in [0, 0.1) is 5.92 Å². The number of halogens is 6. The molecule has 5 heterocycles. The molecule has 0 aromatic carbocycles. The normalized spacial score (nSPS) is 22.8. The van der Waals surface area contributed by atoms with E-state index in [1.165, 1.54) is 12.8 Å². The summed E-state index contributed by atoms with van der Waals surface area (Å²) < 4.78 is 77.7. The molecule has 1 unspecified atom stereocenters. The lowest BCUT2D eigenvalue weighted by molar-refractivity contribution is -0.193. The number of carboxylic acids is 2. The van der Waals surface area contributed by atoms with Crippen LogP contribution in [-0.2, 0) is 36.0 Å². The highest BCUT2D eigenvalue weighted by atomic mass is 19.4. The molecule has 238 valence electrons. The zero-order chi connectivity index (χ0) is 31.1. The number of carbonyl (C=O) groups excluding carboxylic acids is 1. The SMILES string of the molecule is O=C(C1Cn2ccnc2C2(CCN(CC3CCOCC3)CC2)O1)N1CCCC1.O=C(O)C(F)(F)F.O=C(O)C(F)(F)F. The maximum absolute atomic E-state index is 13.0. The molecule has 0 saturated carbocycles. The van der Waals surface area contributed by atoms with Crippen molar-refractivity contribution in [2.45, 2.75) is 69.1 Å². The highest BCUT2D eigenvalue weighted by Crippen LogP contribution is 2.41. The number of hydrogen-bond acceptors (Lipinski definition) is 7. The molecule has 5 rings (SSSR count). The molecule has 11 nitrogen and oxygen atoms in total. The minimum atomic E-state index is -5.08. The molecule has 1 aromatic heterocycles.